The molecule has 0 radical (unpaired) electrons. The van der Waals surface area contributed by atoms with Gasteiger partial charge in [0.25, 0.3) is 5.91 Å². The predicted octanol–water partition coefficient (Wildman–Crippen LogP) is 3.71. The van der Waals surface area contributed by atoms with Crippen LogP contribution in [-0.4, -0.2) is 42.1 Å². The highest BCUT2D eigenvalue weighted by Gasteiger charge is 2.36. The zero-order valence-electron chi connectivity index (χ0n) is 15.0. The van der Waals surface area contributed by atoms with Crippen LogP contribution in [0.1, 0.15) is 36.2 Å². The van der Waals surface area contributed by atoms with E-state index in [1.165, 1.54) is 12.7 Å². The summed E-state index contributed by atoms with van der Waals surface area (Å²) in [4.78, 5) is 26.6. The van der Waals surface area contributed by atoms with Gasteiger partial charge in [-0.3, -0.25) is 4.79 Å². The number of rotatable bonds is 3. The van der Waals surface area contributed by atoms with Crippen LogP contribution < -0.4 is 10.6 Å². The summed E-state index contributed by atoms with van der Waals surface area (Å²) in [5.41, 5.74) is 1.32. The lowest BCUT2D eigenvalue weighted by Gasteiger charge is -2.43. The van der Waals surface area contributed by atoms with Crippen molar-refractivity contribution in [2.45, 2.75) is 37.8 Å². The maximum absolute atomic E-state index is 12.7. The van der Waals surface area contributed by atoms with E-state index in [1.54, 1.807) is 36.4 Å². The molecule has 142 valence electrons. The highest BCUT2D eigenvalue weighted by Crippen LogP contribution is 2.29. The first-order valence-corrected chi connectivity index (χ1v) is 9.35. The summed E-state index contributed by atoms with van der Waals surface area (Å²) >= 11 is 0. The fourth-order valence-electron chi connectivity index (χ4n) is 3.78. The molecule has 7 nitrogen and oxygen atoms in total. The van der Waals surface area contributed by atoms with Gasteiger partial charge in [-0.1, -0.05) is 12.8 Å². The van der Waals surface area contributed by atoms with Gasteiger partial charge in [0.2, 0.25) is 0 Å². The van der Waals surface area contributed by atoms with E-state index in [1.807, 2.05) is 4.90 Å². The Balaban J connectivity index is 1.36. The first kappa shape index (κ1) is 17.6. The van der Waals surface area contributed by atoms with E-state index in [-0.39, 0.29) is 29.8 Å². The van der Waals surface area contributed by atoms with E-state index in [0.29, 0.717) is 24.5 Å². The Kier molecular flexibility index (Phi) is 5.11. The van der Waals surface area contributed by atoms with Gasteiger partial charge in [-0.05, 0) is 49.2 Å². The minimum atomic E-state index is -0.312. The maximum Gasteiger partial charge on any atom is 0.322 e. The second-order valence-corrected chi connectivity index (χ2v) is 6.89. The van der Waals surface area contributed by atoms with Gasteiger partial charge >= 0.3 is 6.03 Å². The number of furan rings is 1. The Hall–Kier alpha value is -2.80. The number of hydrogen-bond donors (Lipinski definition) is 2. The Morgan fingerprint density at radius 3 is 2.48 bits per heavy atom. The minimum absolute atomic E-state index is 0.0948. The number of hydrogen-bond acceptors (Lipinski definition) is 4. The van der Waals surface area contributed by atoms with Crippen molar-refractivity contribution in [1.82, 2.24) is 4.90 Å². The highest BCUT2D eigenvalue weighted by molar-refractivity contribution is 6.02. The number of anilines is 2. The van der Waals surface area contributed by atoms with E-state index >= 15 is 0 Å². The minimum Gasteiger partial charge on any atom is -0.459 e. The fourth-order valence-corrected chi connectivity index (χ4v) is 3.78. The first-order valence-electron chi connectivity index (χ1n) is 9.35. The Labute approximate surface area is 157 Å². The molecule has 2 aliphatic rings. The van der Waals surface area contributed by atoms with Crippen LogP contribution in [0.15, 0.2) is 47.1 Å². The third kappa shape index (κ3) is 3.98. The Bertz CT molecular complexity index is 786. The maximum atomic E-state index is 12.7. The molecule has 1 aliphatic heterocycles. The standard InChI is InChI=1S/C20H23N3O4/c24-19(18-6-3-12-26-18)21-14-7-9-15(10-8-14)22-20(25)23-11-13-27-17-5-2-1-4-16(17)23/h3,6-10,12,16-17H,1-2,4-5,11,13H2,(H,21,24)(H,22,25)/t16-,17-/m0/s1. The molecule has 27 heavy (non-hydrogen) atoms. The molecule has 1 aromatic carbocycles. The Morgan fingerprint density at radius 2 is 1.74 bits per heavy atom. The van der Waals surface area contributed by atoms with Crippen molar-refractivity contribution in [1.29, 1.82) is 0 Å². The predicted molar refractivity (Wildman–Crippen MR) is 101 cm³/mol. The van der Waals surface area contributed by atoms with Crippen molar-refractivity contribution >= 4 is 23.3 Å². The zero-order valence-corrected chi connectivity index (χ0v) is 15.0. The molecular formula is C20H23N3O4. The average Bonchev–Trinajstić information content (AvgIpc) is 3.24. The topological polar surface area (TPSA) is 83.8 Å². The molecule has 0 spiro atoms. The van der Waals surface area contributed by atoms with E-state index in [4.69, 9.17) is 9.15 Å². The molecule has 1 aromatic heterocycles. The molecule has 2 atom stereocenters. The normalized spacial score (nSPS) is 22.0. The molecule has 2 aromatic rings. The molecule has 7 heteroatoms. The van der Waals surface area contributed by atoms with Crippen molar-refractivity contribution in [3.05, 3.63) is 48.4 Å². The summed E-state index contributed by atoms with van der Waals surface area (Å²) in [6, 6.07) is 10.4. The number of nitrogens with zero attached hydrogens (tertiary/aromatic N) is 1. The number of carbonyl (C=O) groups excluding carboxylic acids is 2. The Morgan fingerprint density at radius 1 is 1.00 bits per heavy atom. The van der Waals surface area contributed by atoms with Gasteiger partial charge in [-0.15, -0.1) is 0 Å². The molecule has 1 aliphatic carbocycles. The molecule has 2 fully saturated rings. The van der Waals surface area contributed by atoms with Crippen LogP contribution in [-0.2, 0) is 4.74 Å². The summed E-state index contributed by atoms with van der Waals surface area (Å²) in [6.07, 6.45) is 5.95. The van der Waals surface area contributed by atoms with Crippen LogP contribution in [0.5, 0.6) is 0 Å². The second-order valence-electron chi connectivity index (χ2n) is 6.89. The smallest absolute Gasteiger partial charge is 0.322 e. The third-order valence-corrected chi connectivity index (χ3v) is 5.13. The third-order valence-electron chi connectivity index (χ3n) is 5.13. The number of carbonyl (C=O) groups is 2. The SMILES string of the molecule is O=C(Nc1ccc(NC(=O)N2CCO[C@H]3CCCC[C@@H]32)cc1)c1ccco1. The van der Waals surface area contributed by atoms with Gasteiger partial charge in [-0.2, -0.15) is 0 Å². The molecule has 1 saturated carbocycles. The van der Waals surface area contributed by atoms with Gasteiger partial charge in [0.05, 0.1) is 25.0 Å². The molecule has 1 saturated heterocycles. The number of nitrogens with one attached hydrogen (secondary N) is 2. The lowest BCUT2D eigenvalue weighted by Crippen LogP contribution is -2.55. The van der Waals surface area contributed by atoms with Crippen LogP contribution >= 0.6 is 0 Å². The fraction of sp³-hybridized carbons (Fsp3) is 0.400. The highest BCUT2D eigenvalue weighted by atomic mass is 16.5. The van der Waals surface area contributed by atoms with E-state index in [2.05, 4.69) is 10.6 Å². The molecule has 4 rings (SSSR count). The van der Waals surface area contributed by atoms with Crippen LogP contribution in [0, 0.1) is 0 Å². The van der Waals surface area contributed by atoms with Crippen LogP contribution in [0.25, 0.3) is 0 Å². The number of fused-ring (bicyclic) bond motifs is 1. The largest absolute Gasteiger partial charge is 0.459 e. The zero-order chi connectivity index (χ0) is 18.6. The van der Waals surface area contributed by atoms with Crippen molar-refractivity contribution < 1.29 is 18.7 Å². The van der Waals surface area contributed by atoms with E-state index in [0.717, 1.165) is 19.3 Å². The van der Waals surface area contributed by atoms with Crippen molar-refractivity contribution in [3.63, 3.8) is 0 Å². The number of benzene rings is 1. The van der Waals surface area contributed by atoms with Crippen molar-refractivity contribution in [3.8, 4) is 0 Å². The van der Waals surface area contributed by atoms with Gasteiger partial charge in [0.15, 0.2) is 5.76 Å². The molecule has 3 amide bonds. The number of ether oxygens (including phenoxy) is 1. The van der Waals surface area contributed by atoms with Crippen LogP contribution in [0.4, 0.5) is 16.2 Å². The van der Waals surface area contributed by atoms with Crippen LogP contribution in [0.3, 0.4) is 0 Å². The summed E-state index contributed by atoms with van der Waals surface area (Å²) in [6.45, 7) is 1.20. The number of urea groups is 1. The van der Waals surface area contributed by atoms with E-state index in [9.17, 15) is 9.59 Å². The van der Waals surface area contributed by atoms with Crippen LogP contribution in [0.2, 0.25) is 0 Å². The summed E-state index contributed by atoms with van der Waals surface area (Å²) < 4.78 is 10.9. The molecule has 0 bridgehead atoms. The molecule has 0 unspecified atom stereocenters. The van der Waals surface area contributed by atoms with Gasteiger partial charge in [0, 0.05) is 17.9 Å². The number of morpholine rings is 1. The summed E-state index contributed by atoms with van der Waals surface area (Å²) in [5.74, 6) is -0.0600. The lowest BCUT2D eigenvalue weighted by molar-refractivity contribution is -0.0694. The summed E-state index contributed by atoms with van der Waals surface area (Å²) in [7, 11) is 0. The second kappa shape index (κ2) is 7.84. The lowest BCUT2D eigenvalue weighted by atomic mass is 9.90. The first-order chi connectivity index (χ1) is 13.2. The average molecular weight is 369 g/mol. The van der Waals surface area contributed by atoms with Gasteiger partial charge in [-0.25, -0.2) is 4.79 Å². The van der Waals surface area contributed by atoms with E-state index < -0.39 is 0 Å². The molecule has 2 heterocycles. The van der Waals surface area contributed by atoms with Crippen molar-refractivity contribution in [2.75, 3.05) is 23.8 Å². The summed E-state index contributed by atoms with van der Waals surface area (Å²) in [5, 5.41) is 5.71. The molecule has 2 N–H and O–H groups in total. The van der Waals surface area contributed by atoms with Crippen molar-refractivity contribution in [2.24, 2.45) is 0 Å². The monoisotopic (exact) mass is 369 g/mol. The van der Waals surface area contributed by atoms with Gasteiger partial charge in [0.1, 0.15) is 0 Å². The van der Waals surface area contributed by atoms with Gasteiger partial charge < -0.3 is 24.7 Å². The molecular weight excluding hydrogens is 346 g/mol. The quantitative estimate of drug-likeness (QED) is 0.864. The number of amides is 3.